The first-order valence-corrected chi connectivity index (χ1v) is 3.06. The Morgan fingerprint density at radius 3 is 3.10 bits per heavy atom. The Balaban J connectivity index is 3.53. The molecule has 1 aromatic rings. The molecule has 1 aromatic heterocycles. The van der Waals surface area contributed by atoms with E-state index in [9.17, 15) is 8.78 Å². The van der Waals surface area contributed by atoms with Crippen molar-refractivity contribution < 1.29 is 14.3 Å². The summed E-state index contributed by atoms with van der Waals surface area (Å²) >= 11 is 2.63. The van der Waals surface area contributed by atoms with Gasteiger partial charge in [-0.15, -0.1) is 0 Å². The van der Waals surface area contributed by atoms with Crippen LogP contribution in [0.4, 0.5) is 8.78 Å². The molecule has 0 N–H and O–H groups in total. The lowest BCUT2D eigenvalue weighted by molar-refractivity contribution is 0.150. The summed E-state index contributed by atoms with van der Waals surface area (Å²) in [6.45, 7) is 0. The van der Waals surface area contributed by atoms with E-state index in [1.165, 1.54) is 0 Å². The highest BCUT2D eigenvalue weighted by Crippen LogP contribution is 2.24. The van der Waals surface area contributed by atoms with Crippen molar-refractivity contribution in [2.75, 3.05) is 0 Å². The van der Waals surface area contributed by atoms with Crippen LogP contribution in [0.2, 0.25) is 0 Å². The number of rotatable bonds is 1. The highest BCUT2D eigenvalue weighted by atomic mass is 79.9. The zero-order valence-electron chi connectivity index (χ0n) is 8.58. The maximum absolute atomic E-state index is 12.6. The van der Waals surface area contributed by atoms with E-state index in [2.05, 4.69) is 20.9 Å². The molecule has 0 atom stereocenters. The molecule has 0 aliphatic heterocycles. The number of hydrogen-bond donors (Lipinski definition) is 0. The fraction of sp³-hybridized carbons (Fsp3) is 0.167. The van der Waals surface area contributed by atoms with Crippen LogP contribution in [0, 0.1) is 0 Å². The molecule has 0 aliphatic rings. The van der Waals surface area contributed by atoms with Crippen LogP contribution in [-0.2, 0) is 0 Å². The summed E-state index contributed by atoms with van der Waals surface area (Å²) in [4.78, 5) is 3.28. The first kappa shape index (κ1) is 3.76. The van der Waals surface area contributed by atoms with Gasteiger partial charge >= 0.3 is 0 Å². The molecule has 0 saturated carbocycles. The number of halogens is 3. The van der Waals surface area contributed by atoms with Crippen molar-refractivity contribution in [1.29, 1.82) is 0 Å². The smallest absolute Gasteiger partial charge is 0.249 e. The molecule has 10 heavy (non-hydrogen) atoms. The van der Waals surface area contributed by atoms with Crippen LogP contribution < -0.4 is 0 Å². The third-order valence-corrected chi connectivity index (χ3v) is 1.37. The van der Waals surface area contributed by atoms with Crippen molar-refractivity contribution in [1.82, 2.24) is 4.98 Å². The second-order valence-electron chi connectivity index (χ2n) is 1.40. The van der Waals surface area contributed by atoms with Crippen LogP contribution in [-0.4, -0.2) is 4.98 Å². The Bertz CT molecular complexity index is 379. The third kappa shape index (κ3) is 1.50. The summed E-state index contributed by atoms with van der Waals surface area (Å²) in [6, 6.07) is -1.56. The average Bonchev–Trinajstić information content (AvgIpc) is 1.97. The largest absolute Gasteiger partial charge is 0.266 e. The highest BCUT2D eigenvalue weighted by molar-refractivity contribution is 9.10. The van der Waals surface area contributed by atoms with E-state index in [4.69, 9.17) is 5.48 Å². The molecule has 54 valence electrons. The van der Waals surface area contributed by atoms with Crippen molar-refractivity contribution in [3.63, 3.8) is 0 Å². The van der Waals surface area contributed by atoms with Gasteiger partial charge in [-0.05, 0) is 28.0 Å². The quantitative estimate of drug-likeness (QED) is 0.652. The highest BCUT2D eigenvalue weighted by Gasteiger charge is 2.10. The molecule has 1 nitrogen and oxygen atoms in total. The summed E-state index contributed by atoms with van der Waals surface area (Å²) in [5.41, 5.74) is -0.987. The molecule has 0 spiro atoms. The zero-order valence-corrected chi connectivity index (χ0v) is 6.17. The van der Waals surface area contributed by atoms with Gasteiger partial charge in [0.2, 0.25) is 0 Å². The molecule has 0 bridgehead atoms. The van der Waals surface area contributed by atoms with Gasteiger partial charge < -0.3 is 0 Å². The van der Waals surface area contributed by atoms with Crippen molar-refractivity contribution in [2.45, 2.75) is 6.40 Å². The van der Waals surface area contributed by atoms with E-state index in [-0.39, 0.29) is 0 Å². The second-order valence-corrected chi connectivity index (χ2v) is 2.15. The van der Waals surface area contributed by atoms with E-state index in [0.717, 1.165) is 0 Å². The SMILES string of the molecule is [2H]c1nc(Br)c(C([2H])(F)F)c([2H])c1[2H]. The minimum Gasteiger partial charge on any atom is -0.249 e. The van der Waals surface area contributed by atoms with Crippen molar-refractivity contribution in [3.05, 3.63) is 28.4 Å². The van der Waals surface area contributed by atoms with Crippen LogP contribution in [0.25, 0.3) is 0 Å². The van der Waals surface area contributed by atoms with E-state index < -0.39 is 34.8 Å². The number of alkyl halides is 2. The molecule has 4 heteroatoms. The monoisotopic (exact) mass is 211 g/mol. The lowest BCUT2D eigenvalue weighted by Gasteiger charge is -1.98. The molecule has 0 aliphatic carbocycles. The fourth-order valence-electron chi connectivity index (χ4n) is 0.400. The summed E-state index contributed by atoms with van der Waals surface area (Å²) in [6.07, 6.45) is -4.57. The molecule has 0 aromatic carbocycles. The number of pyridine rings is 1. The topological polar surface area (TPSA) is 12.9 Å². The number of aromatic nitrogens is 1. The molecule has 0 saturated heterocycles. The van der Waals surface area contributed by atoms with Crippen molar-refractivity contribution >= 4 is 15.9 Å². The van der Waals surface area contributed by atoms with Gasteiger partial charge in [-0.25, -0.2) is 13.8 Å². The lowest BCUT2D eigenvalue weighted by Crippen LogP contribution is -1.87. The normalized spacial score (nSPS) is 17.1. The minimum atomic E-state index is -3.99. The van der Waals surface area contributed by atoms with Gasteiger partial charge in [0.25, 0.3) is 6.40 Å². The van der Waals surface area contributed by atoms with E-state index in [1.807, 2.05) is 0 Å². The Morgan fingerprint density at radius 1 is 1.80 bits per heavy atom. The Morgan fingerprint density at radius 2 is 2.50 bits per heavy atom. The molecular weight excluding hydrogens is 204 g/mol. The fourth-order valence-corrected chi connectivity index (χ4v) is 0.738. The molecule has 0 fully saturated rings. The predicted octanol–water partition coefficient (Wildman–Crippen LogP) is 2.78. The van der Waals surface area contributed by atoms with Gasteiger partial charge in [0.15, 0.2) is 0 Å². The first-order valence-electron chi connectivity index (χ1n) is 4.26. The average molecular weight is 212 g/mol. The Labute approximate surface area is 70.8 Å². The first-order chi connectivity index (χ1) is 6.25. The molecule has 0 unspecified atom stereocenters. The lowest BCUT2D eigenvalue weighted by atomic mass is 10.3. The molecule has 1 rings (SSSR count). The Hall–Kier alpha value is -0.510. The molecule has 1 heterocycles. The van der Waals surface area contributed by atoms with Crippen molar-refractivity contribution in [3.8, 4) is 0 Å². The third-order valence-electron chi connectivity index (χ3n) is 0.793. The van der Waals surface area contributed by atoms with Gasteiger partial charge in [-0.2, -0.15) is 0 Å². The van der Waals surface area contributed by atoms with Crippen LogP contribution in [0.15, 0.2) is 22.9 Å². The van der Waals surface area contributed by atoms with Gasteiger partial charge in [0.1, 0.15) is 5.97 Å². The van der Waals surface area contributed by atoms with Crippen LogP contribution in [0.5, 0.6) is 0 Å². The summed E-state index contributed by atoms with van der Waals surface area (Å²) < 4.78 is 52.5. The van der Waals surface area contributed by atoms with E-state index in [0.29, 0.717) is 0 Å². The summed E-state index contributed by atoms with van der Waals surface area (Å²) in [5, 5.41) is 0. The second kappa shape index (κ2) is 3.05. The maximum Gasteiger partial charge on any atom is 0.266 e. The van der Waals surface area contributed by atoms with Crippen LogP contribution in [0.3, 0.4) is 0 Å². The van der Waals surface area contributed by atoms with Gasteiger partial charge in [-0.3, -0.25) is 0 Å². The van der Waals surface area contributed by atoms with Gasteiger partial charge in [0, 0.05) is 6.17 Å². The number of hydrogen-bond acceptors (Lipinski definition) is 1. The van der Waals surface area contributed by atoms with E-state index in [1.54, 1.807) is 0 Å². The summed E-state index contributed by atoms with van der Waals surface area (Å²) in [5.74, 6) is 0. The summed E-state index contributed by atoms with van der Waals surface area (Å²) in [7, 11) is 0. The maximum atomic E-state index is 12.6. The molecule has 0 amide bonds. The van der Waals surface area contributed by atoms with Crippen LogP contribution in [0.1, 0.15) is 17.4 Å². The minimum absolute atomic E-state index is 0.441. The van der Waals surface area contributed by atoms with E-state index >= 15 is 0 Å². The van der Waals surface area contributed by atoms with Crippen molar-refractivity contribution in [2.24, 2.45) is 0 Å². The Kier molecular flexibility index (Phi) is 1.15. The van der Waals surface area contributed by atoms with Crippen LogP contribution >= 0.6 is 15.9 Å². The zero-order chi connectivity index (χ0) is 11.1. The predicted molar refractivity (Wildman–Crippen MR) is 36.9 cm³/mol. The standard InChI is InChI=1S/C6H4BrF2N/c7-5-4(6(8)9)2-1-3-10-5/h1-3,6H/i1D,2D,3D,6D. The molecular formula is C6H4BrF2N. The van der Waals surface area contributed by atoms with Gasteiger partial charge in [0.05, 0.1) is 9.68 Å². The number of nitrogens with zero attached hydrogens (tertiary/aromatic N) is 1. The van der Waals surface area contributed by atoms with Gasteiger partial charge in [-0.1, -0.05) is 0 Å². The molecule has 0 radical (unpaired) electrons.